The first-order valence-electron chi connectivity index (χ1n) is 8.52. The highest BCUT2D eigenvalue weighted by Gasteiger charge is 2.21. The van der Waals surface area contributed by atoms with Crippen LogP contribution in [0.1, 0.15) is 23.2 Å². The Hall–Kier alpha value is -3.09. The van der Waals surface area contributed by atoms with E-state index in [-0.39, 0.29) is 23.8 Å². The molecule has 0 radical (unpaired) electrons. The van der Waals surface area contributed by atoms with Crippen LogP contribution in [0.2, 0.25) is 0 Å². The molecule has 0 atom stereocenters. The lowest BCUT2D eigenvalue weighted by Crippen LogP contribution is -2.31. The average molecular weight is 355 g/mol. The highest BCUT2D eigenvalue weighted by Crippen LogP contribution is 2.14. The van der Waals surface area contributed by atoms with Crippen molar-refractivity contribution in [2.75, 3.05) is 25.0 Å². The molecule has 1 fully saturated rings. The van der Waals surface area contributed by atoms with Crippen molar-refractivity contribution >= 4 is 17.5 Å². The number of carbonyl (C=O) groups is 2. The van der Waals surface area contributed by atoms with Gasteiger partial charge < -0.3 is 19.5 Å². The summed E-state index contributed by atoms with van der Waals surface area (Å²) >= 11 is 0. The molecule has 0 saturated carbocycles. The normalized spacial score (nSPS) is 13.5. The molecule has 2 amide bonds. The highest BCUT2D eigenvalue weighted by molar-refractivity contribution is 5.97. The van der Waals surface area contributed by atoms with Crippen LogP contribution in [0.4, 0.5) is 5.69 Å². The van der Waals surface area contributed by atoms with Crippen molar-refractivity contribution in [1.82, 2.24) is 9.47 Å². The zero-order chi connectivity index (χ0) is 18.5. The third-order valence-electron chi connectivity index (χ3n) is 4.21. The van der Waals surface area contributed by atoms with E-state index >= 15 is 0 Å². The van der Waals surface area contributed by atoms with Crippen LogP contribution in [0.25, 0.3) is 0 Å². The van der Waals surface area contributed by atoms with Crippen LogP contribution in [0, 0.1) is 0 Å². The quantitative estimate of drug-likeness (QED) is 0.884. The Bertz CT molecular complexity index is 855. The molecule has 0 aliphatic carbocycles. The van der Waals surface area contributed by atoms with E-state index in [1.807, 2.05) is 6.07 Å². The smallest absolute Gasteiger partial charge is 0.274 e. The van der Waals surface area contributed by atoms with E-state index in [4.69, 9.17) is 4.74 Å². The first kappa shape index (κ1) is 17.7. The first-order chi connectivity index (χ1) is 12.5. The number of pyridine rings is 1. The maximum absolute atomic E-state index is 12.5. The molecule has 1 aliphatic rings. The van der Waals surface area contributed by atoms with Crippen LogP contribution in [-0.4, -0.2) is 41.0 Å². The van der Waals surface area contributed by atoms with E-state index in [2.05, 4.69) is 5.32 Å². The van der Waals surface area contributed by atoms with Gasteiger partial charge in [0.15, 0.2) is 6.61 Å². The SMILES string of the molecule is Cn1cc(C(=O)N2CCCC2)cc(NC(=O)COc2ccccc2)c1=O. The van der Waals surface area contributed by atoms with Crippen LogP contribution in [0.15, 0.2) is 47.4 Å². The molecule has 136 valence electrons. The zero-order valence-electron chi connectivity index (χ0n) is 14.6. The van der Waals surface area contributed by atoms with Gasteiger partial charge in [-0.1, -0.05) is 18.2 Å². The summed E-state index contributed by atoms with van der Waals surface area (Å²) in [5.74, 6) is -0.0284. The van der Waals surface area contributed by atoms with Crippen LogP contribution < -0.4 is 15.6 Å². The summed E-state index contributed by atoms with van der Waals surface area (Å²) in [7, 11) is 1.55. The number of carbonyl (C=O) groups excluding carboxylic acids is 2. The van der Waals surface area contributed by atoms with Gasteiger partial charge in [-0.2, -0.15) is 0 Å². The molecule has 26 heavy (non-hydrogen) atoms. The summed E-state index contributed by atoms with van der Waals surface area (Å²) in [6.45, 7) is 1.21. The third-order valence-corrected chi connectivity index (χ3v) is 4.21. The monoisotopic (exact) mass is 355 g/mol. The van der Waals surface area contributed by atoms with E-state index < -0.39 is 5.91 Å². The number of ether oxygens (including phenoxy) is 1. The lowest BCUT2D eigenvalue weighted by molar-refractivity contribution is -0.118. The molecule has 1 aromatic carbocycles. The van der Waals surface area contributed by atoms with Gasteiger partial charge in [0.1, 0.15) is 11.4 Å². The number of aromatic nitrogens is 1. The number of hydrogen-bond donors (Lipinski definition) is 1. The third kappa shape index (κ3) is 4.11. The van der Waals surface area contributed by atoms with Gasteiger partial charge in [0.25, 0.3) is 17.4 Å². The van der Waals surface area contributed by atoms with Gasteiger partial charge in [-0.15, -0.1) is 0 Å². The number of anilines is 1. The molecule has 7 heteroatoms. The fourth-order valence-electron chi connectivity index (χ4n) is 2.87. The molecule has 0 unspecified atom stereocenters. The van der Waals surface area contributed by atoms with Crippen LogP contribution in [0.5, 0.6) is 5.75 Å². The Morgan fingerprint density at radius 1 is 1.15 bits per heavy atom. The number of aryl methyl sites for hydroxylation is 1. The number of benzene rings is 1. The molecule has 2 heterocycles. The van der Waals surface area contributed by atoms with E-state index in [9.17, 15) is 14.4 Å². The van der Waals surface area contributed by atoms with Crippen molar-refractivity contribution in [3.05, 3.63) is 58.5 Å². The Labute approximate surface area is 151 Å². The molecule has 1 aromatic heterocycles. The Morgan fingerprint density at radius 2 is 1.85 bits per heavy atom. The second-order valence-electron chi connectivity index (χ2n) is 6.21. The van der Waals surface area contributed by atoms with Gasteiger partial charge in [0.2, 0.25) is 0 Å². The fraction of sp³-hybridized carbons (Fsp3) is 0.316. The van der Waals surface area contributed by atoms with Gasteiger partial charge in [-0.3, -0.25) is 14.4 Å². The number of hydrogen-bond acceptors (Lipinski definition) is 4. The summed E-state index contributed by atoms with van der Waals surface area (Å²) in [5, 5.41) is 2.54. The molecule has 1 saturated heterocycles. The minimum absolute atomic E-state index is 0.0687. The summed E-state index contributed by atoms with van der Waals surface area (Å²) in [6, 6.07) is 10.4. The molecular weight excluding hydrogens is 334 g/mol. The lowest BCUT2D eigenvalue weighted by atomic mass is 10.2. The maximum atomic E-state index is 12.5. The molecule has 1 aliphatic heterocycles. The largest absolute Gasteiger partial charge is 0.484 e. The number of amides is 2. The van der Waals surface area contributed by atoms with Gasteiger partial charge in [-0.05, 0) is 31.0 Å². The number of para-hydroxylation sites is 1. The van der Waals surface area contributed by atoms with Gasteiger partial charge in [-0.25, -0.2) is 0 Å². The fourth-order valence-corrected chi connectivity index (χ4v) is 2.87. The maximum Gasteiger partial charge on any atom is 0.274 e. The number of likely N-dealkylation sites (tertiary alicyclic amines) is 1. The molecule has 7 nitrogen and oxygen atoms in total. The number of rotatable bonds is 5. The Morgan fingerprint density at radius 3 is 2.54 bits per heavy atom. The predicted molar refractivity (Wildman–Crippen MR) is 97.4 cm³/mol. The van der Waals surface area contributed by atoms with E-state index in [1.54, 1.807) is 36.2 Å². The van der Waals surface area contributed by atoms with Crippen molar-refractivity contribution in [1.29, 1.82) is 0 Å². The second kappa shape index (κ2) is 7.86. The van der Waals surface area contributed by atoms with Crippen LogP contribution >= 0.6 is 0 Å². The predicted octanol–water partition coefficient (Wildman–Crippen LogP) is 1.64. The molecule has 1 N–H and O–H groups in total. The molecular formula is C19H21N3O4. The summed E-state index contributed by atoms with van der Waals surface area (Å²) < 4.78 is 6.68. The number of nitrogens with zero attached hydrogens (tertiary/aromatic N) is 2. The summed E-state index contributed by atoms with van der Waals surface area (Å²) in [6.07, 6.45) is 3.47. The van der Waals surface area contributed by atoms with Crippen molar-refractivity contribution in [2.24, 2.45) is 7.05 Å². The van der Waals surface area contributed by atoms with Crippen molar-refractivity contribution in [3.63, 3.8) is 0 Å². The first-order valence-corrected chi connectivity index (χ1v) is 8.52. The average Bonchev–Trinajstić information content (AvgIpc) is 3.18. The van der Waals surface area contributed by atoms with Gasteiger partial charge in [0, 0.05) is 26.3 Å². The van der Waals surface area contributed by atoms with Crippen LogP contribution in [0.3, 0.4) is 0 Å². The minimum Gasteiger partial charge on any atom is -0.484 e. The Balaban J connectivity index is 1.71. The number of nitrogens with one attached hydrogen (secondary N) is 1. The zero-order valence-corrected chi connectivity index (χ0v) is 14.6. The molecule has 0 bridgehead atoms. The van der Waals surface area contributed by atoms with E-state index in [1.165, 1.54) is 16.8 Å². The Kier molecular flexibility index (Phi) is 5.36. The van der Waals surface area contributed by atoms with Gasteiger partial charge >= 0.3 is 0 Å². The van der Waals surface area contributed by atoms with Crippen molar-refractivity contribution in [2.45, 2.75) is 12.8 Å². The summed E-state index contributed by atoms with van der Waals surface area (Å²) in [5.41, 5.74) is 0.0727. The van der Waals surface area contributed by atoms with Crippen molar-refractivity contribution in [3.8, 4) is 5.75 Å². The van der Waals surface area contributed by atoms with Gasteiger partial charge in [0.05, 0.1) is 5.56 Å². The van der Waals surface area contributed by atoms with E-state index in [0.717, 1.165) is 12.8 Å². The highest BCUT2D eigenvalue weighted by atomic mass is 16.5. The minimum atomic E-state index is -0.461. The van der Waals surface area contributed by atoms with Crippen molar-refractivity contribution < 1.29 is 14.3 Å². The second-order valence-corrected chi connectivity index (χ2v) is 6.21. The molecule has 2 aromatic rings. The molecule has 3 rings (SSSR count). The molecule has 0 spiro atoms. The summed E-state index contributed by atoms with van der Waals surface area (Å²) in [4.78, 5) is 38.7. The standard InChI is InChI=1S/C19H21N3O4/c1-21-12-14(18(24)22-9-5-6-10-22)11-16(19(21)25)20-17(23)13-26-15-7-3-2-4-8-15/h2-4,7-8,11-12H,5-6,9-10,13H2,1H3,(H,20,23). The van der Waals surface area contributed by atoms with E-state index in [0.29, 0.717) is 24.4 Å². The topological polar surface area (TPSA) is 80.6 Å². The van der Waals surface area contributed by atoms with Crippen LogP contribution in [-0.2, 0) is 11.8 Å². The lowest BCUT2D eigenvalue weighted by Gasteiger charge is -2.16.